The Morgan fingerprint density at radius 1 is 1.16 bits per heavy atom. The summed E-state index contributed by atoms with van der Waals surface area (Å²) in [5.74, 6) is -0.249. The van der Waals surface area contributed by atoms with Gasteiger partial charge in [-0.1, -0.05) is 0 Å². The van der Waals surface area contributed by atoms with Gasteiger partial charge in [0.15, 0.2) is 0 Å². The third-order valence-electron chi connectivity index (χ3n) is 6.50. The summed E-state index contributed by atoms with van der Waals surface area (Å²) in [7, 11) is 0. The Kier molecular flexibility index (Phi) is 6.87. The van der Waals surface area contributed by atoms with Crippen molar-refractivity contribution < 1.29 is 9.53 Å². The molecule has 2 aromatic heterocycles. The molecule has 8 nitrogen and oxygen atoms in total. The van der Waals surface area contributed by atoms with E-state index in [2.05, 4.69) is 21.5 Å². The predicted octanol–water partition coefficient (Wildman–Crippen LogP) is 1.91. The highest BCUT2D eigenvalue weighted by molar-refractivity contribution is 5.95. The van der Waals surface area contributed by atoms with Crippen LogP contribution in [0.1, 0.15) is 53.2 Å². The smallest absolute Gasteiger partial charge is 0.263 e. The van der Waals surface area contributed by atoms with Crippen molar-refractivity contribution in [2.45, 2.75) is 58.2 Å². The first-order valence-corrected chi connectivity index (χ1v) is 11.3. The second kappa shape index (κ2) is 9.78. The van der Waals surface area contributed by atoms with E-state index >= 15 is 0 Å². The van der Waals surface area contributed by atoms with Crippen LogP contribution in [0, 0.1) is 13.8 Å². The Hall–Kier alpha value is -2.45. The van der Waals surface area contributed by atoms with Gasteiger partial charge in [-0.05, 0) is 56.7 Å². The molecule has 8 heteroatoms. The molecule has 1 amide bonds. The number of rotatable bonds is 6. The highest BCUT2D eigenvalue weighted by atomic mass is 16.5. The number of ether oxygens (including phenoxy) is 1. The lowest BCUT2D eigenvalue weighted by atomic mass is 9.91. The SMILES string of the molecule is Cc1cnn(C2CCC(NC(=O)c3c(C)ccn(CCN4CCOCC4)c3=O)CC2)c1. The van der Waals surface area contributed by atoms with Crippen LogP contribution in [0.5, 0.6) is 0 Å². The van der Waals surface area contributed by atoms with Crippen LogP contribution in [0.15, 0.2) is 29.5 Å². The summed E-state index contributed by atoms with van der Waals surface area (Å²) >= 11 is 0. The molecular weight excluding hydrogens is 394 g/mol. The Balaban J connectivity index is 1.36. The van der Waals surface area contributed by atoms with Gasteiger partial charge in [-0.25, -0.2) is 0 Å². The molecule has 3 heterocycles. The molecule has 1 N–H and O–H groups in total. The quantitative estimate of drug-likeness (QED) is 0.762. The first kappa shape index (κ1) is 21.8. The van der Waals surface area contributed by atoms with Crippen LogP contribution in [0.2, 0.25) is 0 Å². The second-order valence-corrected chi connectivity index (χ2v) is 8.80. The van der Waals surface area contributed by atoms with Gasteiger partial charge < -0.3 is 14.6 Å². The number of hydrogen-bond donors (Lipinski definition) is 1. The summed E-state index contributed by atoms with van der Waals surface area (Å²) in [4.78, 5) is 28.3. The monoisotopic (exact) mass is 427 g/mol. The fourth-order valence-corrected chi connectivity index (χ4v) is 4.57. The van der Waals surface area contributed by atoms with E-state index in [1.165, 1.54) is 5.56 Å². The minimum Gasteiger partial charge on any atom is -0.379 e. The molecule has 1 saturated heterocycles. The molecule has 1 aliphatic heterocycles. The molecule has 0 radical (unpaired) electrons. The molecule has 4 rings (SSSR count). The third-order valence-corrected chi connectivity index (χ3v) is 6.50. The average molecular weight is 428 g/mol. The van der Waals surface area contributed by atoms with E-state index < -0.39 is 0 Å². The Labute approximate surface area is 183 Å². The number of aromatic nitrogens is 3. The van der Waals surface area contributed by atoms with Gasteiger partial charge >= 0.3 is 0 Å². The summed E-state index contributed by atoms with van der Waals surface area (Å²) in [5.41, 5.74) is 1.96. The minimum atomic E-state index is -0.249. The van der Waals surface area contributed by atoms with Crippen molar-refractivity contribution in [2.75, 3.05) is 32.8 Å². The summed E-state index contributed by atoms with van der Waals surface area (Å²) in [6.45, 7) is 8.48. The van der Waals surface area contributed by atoms with Gasteiger partial charge in [0.25, 0.3) is 11.5 Å². The van der Waals surface area contributed by atoms with Gasteiger partial charge in [0.1, 0.15) is 5.56 Å². The van der Waals surface area contributed by atoms with Gasteiger partial charge in [-0.2, -0.15) is 5.10 Å². The van der Waals surface area contributed by atoms with Crippen LogP contribution in [0.3, 0.4) is 0 Å². The number of amides is 1. The van der Waals surface area contributed by atoms with Crippen LogP contribution < -0.4 is 10.9 Å². The van der Waals surface area contributed by atoms with Crippen molar-refractivity contribution in [3.63, 3.8) is 0 Å². The molecule has 168 valence electrons. The molecular formula is C23H33N5O3. The van der Waals surface area contributed by atoms with E-state index in [4.69, 9.17) is 4.74 Å². The van der Waals surface area contributed by atoms with E-state index in [-0.39, 0.29) is 23.1 Å². The van der Waals surface area contributed by atoms with Crippen molar-refractivity contribution in [1.82, 2.24) is 24.6 Å². The molecule has 1 aliphatic carbocycles. The van der Waals surface area contributed by atoms with E-state index in [0.29, 0.717) is 12.6 Å². The van der Waals surface area contributed by atoms with Gasteiger partial charge in [0.2, 0.25) is 0 Å². The molecule has 2 fully saturated rings. The first-order valence-electron chi connectivity index (χ1n) is 11.3. The molecule has 0 spiro atoms. The summed E-state index contributed by atoms with van der Waals surface area (Å²) in [6.07, 6.45) is 9.50. The lowest BCUT2D eigenvalue weighted by Gasteiger charge is -2.29. The van der Waals surface area contributed by atoms with Crippen molar-refractivity contribution in [2.24, 2.45) is 0 Å². The maximum Gasteiger partial charge on any atom is 0.263 e. The van der Waals surface area contributed by atoms with Gasteiger partial charge in [-0.3, -0.25) is 19.2 Å². The highest BCUT2D eigenvalue weighted by Crippen LogP contribution is 2.28. The number of morpholine rings is 1. The minimum absolute atomic E-state index is 0.0983. The van der Waals surface area contributed by atoms with Crippen molar-refractivity contribution >= 4 is 5.91 Å². The number of aryl methyl sites for hydroxylation is 2. The van der Waals surface area contributed by atoms with E-state index in [9.17, 15) is 9.59 Å². The Bertz CT molecular complexity index is 952. The summed E-state index contributed by atoms with van der Waals surface area (Å²) < 4.78 is 9.08. The topological polar surface area (TPSA) is 81.4 Å². The van der Waals surface area contributed by atoms with Crippen LogP contribution in [-0.4, -0.2) is 64.0 Å². The highest BCUT2D eigenvalue weighted by Gasteiger charge is 2.26. The number of hydrogen-bond acceptors (Lipinski definition) is 5. The second-order valence-electron chi connectivity index (χ2n) is 8.80. The lowest BCUT2D eigenvalue weighted by Crippen LogP contribution is -2.42. The number of carbonyl (C=O) groups is 1. The molecule has 2 aromatic rings. The molecule has 0 unspecified atom stereocenters. The zero-order valence-electron chi connectivity index (χ0n) is 18.5. The van der Waals surface area contributed by atoms with E-state index in [1.807, 2.05) is 30.8 Å². The number of nitrogens with one attached hydrogen (secondary N) is 1. The van der Waals surface area contributed by atoms with Crippen LogP contribution in [0.25, 0.3) is 0 Å². The van der Waals surface area contributed by atoms with Gasteiger partial charge in [-0.15, -0.1) is 0 Å². The van der Waals surface area contributed by atoms with Crippen molar-refractivity contribution in [3.8, 4) is 0 Å². The van der Waals surface area contributed by atoms with Crippen LogP contribution >= 0.6 is 0 Å². The zero-order valence-corrected chi connectivity index (χ0v) is 18.5. The van der Waals surface area contributed by atoms with Crippen molar-refractivity contribution in [1.29, 1.82) is 0 Å². The molecule has 31 heavy (non-hydrogen) atoms. The fourth-order valence-electron chi connectivity index (χ4n) is 4.57. The molecule has 2 aliphatic rings. The summed E-state index contributed by atoms with van der Waals surface area (Å²) in [6, 6.07) is 2.35. The standard InChI is InChI=1S/C23H33N5O3/c1-17-15-24-28(16-17)20-5-3-19(4-6-20)25-22(29)21-18(2)7-8-27(23(21)30)10-9-26-11-13-31-14-12-26/h7-8,15-16,19-20H,3-6,9-14H2,1-2H3,(H,25,29). The van der Waals surface area contributed by atoms with Crippen LogP contribution in [0.4, 0.5) is 0 Å². The summed E-state index contributed by atoms with van der Waals surface area (Å²) in [5, 5.41) is 7.55. The van der Waals surface area contributed by atoms with E-state index in [1.54, 1.807) is 10.8 Å². The normalized spacial score (nSPS) is 22.4. The molecule has 0 aromatic carbocycles. The maximum absolute atomic E-state index is 13.0. The van der Waals surface area contributed by atoms with Crippen molar-refractivity contribution in [3.05, 3.63) is 51.7 Å². The Morgan fingerprint density at radius 3 is 2.58 bits per heavy atom. The number of carbonyl (C=O) groups excluding carboxylic acids is 1. The zero-order chi connectivity index (χ0) is 21.8. The molecule has 1 saturated carbocycles. The largest absolute Gasteiger partial charge is 0.379 e. The molecule has 0 bridgehead atoms. The fraction of sp³-hybridized carbons (Fsp3) is 0.609. The van der Waals surface area contributed by atoms with Gasteiger partial charge in [0.05, 0.1) is 25.5 Å². The molecule has 0 atom stereocenters. The van der Waals surface area contributed by atoms with E-state index in [0.717, 1.165) is 64.1 Å². The number of nitrogens with zero attached hydrogens (tertiary/aromatic N) is 4. The first-order chi connectivity index (χ1) is 15.0. The maximum atomic E-state index is 13.0. The third kappa shape index (κ3) is 5.25. The number of pyridine rings is 1. The Morgan fingerprint density at radius 2 is 1.90 bits per heavy atom. The van der Waals surface area contributed by atoms with Gasteiger partial charge in [0, 0.05) is 44.6 Å². The lowest BCUT2D eigenvalue weighted by molar-refractivity contribution is 0.0362. The van der Waals surface area contributed by atoms with Crippen LogP contribution in [-0.2, 0) is 11.3 Å². The average Bonchev–Trinajstić information content (AvgIpc) is 3.21. The predicted molar refractivity (Wildman–Crippen MR) is 118 cm³/mol.